The van der Waals surface area contributed by atoms with Crippen molar-refractivity contribution in [1.82, 2.24) is 4.98 Å². The third kappa shape index (κ3) is 3.39. The number of nitrogens with zero attached hydrogens (tertiary/aromatic N) is 1. The molecule has 0 fully saturated rings. The summed E-state index contributed by atoms with van der Waals surface area (Å²) in [4.78, 5) is 5.08. The maximum absolute atomic E-state index is 6.27. The van der Waals surface area contributed by atoms with Crippen molar-refractivity contribution >= 4 is 21.9 Å². The molecular formula is C38H27NO. The maximum atomic E-state index is 6.27. The van der Waals surface area contributed by atoms with Gasteiger partial charge in [0.25, 0.3) is 0 Å². The predicted octanol–water partition coefficient (Wildman–Crippen LogP) is 10.3. The Morgan fingerprint density at radius 2 is 1.15 bits per heavy atom. The number of benzene rings is 5. The first kappa shape index (κ1) is 23.0. The van der Waals surface area contributed by atoms with E-state index < -0.39 is 0 Å². The average Bonchev–Trinajstić information content (AvgIpc) is 3.49. The fourth-order valence-corrected chi connectivity index (χ4v) is 6.51. The predicted molar refractivity (Wildman–Crippen MR) is 165 cm³/mol. The Morgan fingerprint density at radius 1 is 0.525 bits per heavy atom. The topological polar surface area (TPSA) is 26.0 Å². The lowest BCUT2D eigenvalue weighted by molar-refractivity contribution is 0.657. The van der Waals surface area contributed by atoms with Crippen LogP contribution in [-0.4, -0.2) is 4.98 Å². The van der Waals surface area contributed by atoms with Crippen molar-refractivity contribution in [3.8, 4) is 44.8 Å². The lowest BCUT2D eigenvalue weighted by atomic mass is 9.80. The molecule has 0 N–H and O–H groups in total. The zero-order valence-electron chi connectivity index (χ0n) is 22.5. The summed E-state index contributed by atoms with van der Waals surface area (Å²) in [6, 6.07) is 45.0. The maximum Gasteiger partial charge on any atom is 0.135 e. The lowest BCUT2D eigenvalue weighted by Crippen LogP contribution is -2.15. The van der Waals surface area contributed by atoms with E-state index >= 15 is 0 Å². The molecule has 0 unspecified atom stereocenters. The Labute approximate surface area is 233 Å². The van der Waals surface area contributed by atoms with Crippen molar-refractivity contribution in [2.45, 2.75) is 19.3 Å². The van der Waals surface area contributed by atoms with E-state index in [2.05, 4.69) is 123 Å². The summed E-state index contributed by atoms with van der Waals surface area (Å²) in [5, 5.41) is 2.42. The van der Waals surface area contributed by atoms with Crippen LogP contribution in [-0.2, 0) is 5.41 Å². The zero-order chi connectivity index (χ0) is 26.8. The Kier molecular flexibility index (Phi) is 4.90. The number of furan rings is 1. The van der Waals surface area contributed by atoms with Gasteiger partial charge in [-0.05, 0) is 63.7 Å². The Morgan fingerprint density at radius 3 is 1.85 bits per heavy atom. The van der Waals surface area contributed by atoms with Crippen molar-refractivity contribution in [1.29, 1.82) is 0 Å². The van der Waals surface area contributed by atoms with E-state index in [1.807, 2.05) is 18.2 Å². The summed E-state index contributed by atoms with van der Waals surface area (Å²) in [5.74, 6) is 0. The van der Waals surface area contributed by atoms with Gasteiger partial charge < -0.3 is 4.42 Å². The van der Waals surface area contributed by atoms with Gasteiger partial charge in [0.1, 0.15) is 11.2 Å². The zero-order valence-corrected chi connectivity index (χ0v) is 22.5. The molecular weight excluding hydrogens is 486 g/mol. The van der Waals surface area contributed by atoms with E-state index in [-0.39, 0.29) is 5.41 Å². The molecule has 0 atom stereocenters. The Hall–Kier alpha value is -4.95. The highest BCUT2D eigenvalue weighted by molar-refractivity contribution is 6.11. The molecule has 7 aromatic rings. The van der Waals surface area contributed by atoms with E-state index in [9.17, 15) is 0 Å². The molecule has 0 bridgehead atoms. The second-order valence-corrected chi connectivity index (χ2v) is 11.2. The molecule has 2 heterocycles. The third-order valence-electron chi connectivity index (χ3n) is 8.45. The van der Waals surface area contributed by atoms with Gasteiger partial charge in [0.05, 0.1) is 11.4 Å². The molecule has 0 radical (unpaired) electrons. The minimum absolute atomic E-state index is 0.176. The van der Waals surface area contributed by atoms with Gasteiger partial charge in [-0.3, -0.25) is 0 Å². The molecule has 2 nitrogen and oxygen atoms in total. The van der Waals surface area contributed by atoms with Gasteiger partial charge >= 0.3 is 0 Å². The van der Waals surface area contributed by atoms with Crippen molar-refractivity contribution < 1.29 is 4.42 Å². The van der Waals surface area contributed by atoms with Crippen LogP contribution in [0.25, 0.3) is 66.7 Å². The second kappa shape index (κ2) is 8.53. The average molecular weight is 514 g/mol. The number of aromatic nitrogens is 1. The summed E-state index contributed by atoms with van der Waals surface area (Å²) in [7, 11) is 0. The molecule has 40 heavy (non-hydrogen) atoms. The second-order valence-electron chi connectivity index (χ2n) is 11.2. The van der Waals surface area contributed by atoms with Crippen LogP contribution in [0.5, 0.6) is 0 Å². The lowest BCUT2D eigenvalue weighted by Gasteiger charge is -2.23. The summed E-state index contributed by atoms with van der Waals surface area (Å²) in [6.45, 7) is 4.69. The first-order valence-electron chi connectivity index (χ1n) is 13.8. The number of rotatable bonds is 3. The van der Waals surface area contributed by atoms with Crippen LogP contribution in [0.1, 0.15) is 25.0 Å². The molecule has 2 heteroatoms. The van der Waals surface area contributed by atoms with Gasteiger partial charge in [-0.2, -0.15) is 0 Å². The summed E-state index contributed by atoms with van der Waals surface area (Å²) in [5.41, 5.74) is 13.6. The molecule has 0 spiro atoms. The molecule has 190 valence electrons. The van der Waals surface area contributed by atoms with Crippen LogP contribution in [0.4, 0.5) is 0 Å². The molecule has 1 aliphatic carbocycles. The smallest absolute Gasteiger partial charge is 0.135 e. The number of hydrogen-bond acceptors (Lipinski definition) is 2. The summed E-state index contributed by atoms with van der Waals surface area (Å²) in [6.07, 6.45) is 0. The standard InChI is InChI=1S/C38H27NO/c1-38(2)31-21-26(17-18-28(31)29-19-20-35-36(37(29)38)30-15-9-10-16-34(30)40-35)27-22-32(24-11-5-3-6-12-24)39-33(23-27)25-13-7-4-8-14-25/h3-23H,1-2H3. The quantitative estimate of drug-likeness (QED) is 0.235. The van der Waals surface area contributed by atoms with E-state index in [0.717, 1.165) is 33.7 Å². The molecule has 0 amide bonds. The van der Waals surface area contributed by atoms with Crippen molar-refractivity contribution in [3.63, 3.8) is 0 Å². The van der Waals surface area contributed by atoms with E-state index in [1.54, 1.807) is 0 Å². The van der Waals surface area contributed by atoms with Crippen LogP contribution in [0.3, 0.4) is 0 Å². The van der Waals surface area contributed by atoms with Gasteiger partial charge in [-0.15, -0.1) is 0 Å². The van der Waals surface area contributed by atoms with Crippen LogP contribution in [0.15, 0.2) is 132 Å². The number of pyridine rings is 1. The number of fused-ring (bicyclic) bond motifs is 7. The largest absolute Gasteiger partial charge is 0.456 e. The SMILES string of the molecule is CC1(C)c2cc(-c3cc(-c4ccccc4)nc(-c4ccccc4)c3)ccc2-c2ccc3oc4ccccc4c3c21. The fraction of sp³-hybridized carbons (Fsp3) is 0.0789. The number of hydrogen-bond donors (Lipinski definition) is 0. The van der Waals surface area contributed by atoms with Gasteiger partial charge in [0.2, 0.25) is 0 Å². The third-order valence-corrected chi connectivity index (χ3v) is 8.45. The van der Waals surface area contributed by atoms with Gasteiger partial charge in [-0.1, -0.05) is 111 Å². The highest BCUT2D eigenvalue weighted by Gasteiger charge is 2.38. The monoisotopic (exact) mass is 513 g/mol. The molecule has 0 saturated carbocycles. The summed E-state index contributed by atoms with van der Waals surface area (Å²) >= 11 is 0. The molecule has 2 aromatic heterocycles. The van der Waals surface area contributed by atoms with Crippen LogP contribution in [0, 0.1) is 0 Å². The fourth-order valence-electron chi connectivity index (χ4n) is 6.51. The van der Waals surface area contributed by atoms with E-state index in [0.29, 0.717) is 0 Å². The van der Waals surface area contributed by atoms with Crippen LogP contribution in [0.2, 0.25) is 0 Å². The first-order chi connectivity index (χ1) is 19.6. The molecule has 5 aromatic carbocycles. The van der Waals surface area contributed by atoms with Gasteiger partial charge in [-0.25, -0.2) is 4.98 Å². The summed E-state index contributed by atoms with van der Waals surface area (Å²) < 4.78 is 6.27. The van der Waals surface area contributed by atoms with Crippen molar-refractivity contribution in [3.05, 3.63) is 139 Å². The number of para-hydroxylation sites is 1. The van der Waals surface area contributed by atoms with E-state index in [4.69, 9.17) is 9.40 Å². The van der Waals surface area contributed by atoms with Crippen LogP contribution >= 0.6 is 0 Å². The van der Waals surface area contributed by atoms with Crippen molar-refractivity contribution in [2.24, 2.45) is 0 Å². The highest BCUT2D eigenvalue weighted by atomic mass is 16.3. The van der Waals surface area contributed by atoms with Gasteiger partial charge in [0, 0.05) is 27.3 Å². The highest BCUT2D eigenvalue weighted by Crippen LogP contribution is 2.53. The molecule has 0 saturated heterocycles. The molecule has 0 aliphatic heterocycles. The van der Waals surface area contributed by atoms with Crippen LogP contribution < -0.4 is 0 Å². The van der Waals surface area contributed by atoms with E-state index in [1.165, 1.54) is 44.2 Å². The minimum Gasteiger partial charge on any atom is -0.456 e. The Bertz CT molecular complexity index is 2010. The normalized spacial score (nSPS) is 13.4. The molecule has 8 rings (SSSR count). The Balaban J connectivity index is 1.33. The van der Waals surface area contributed by atoms with Crippen molar-refractivity contribution in [2.75, 3.05) is 0 Å². The molecule has 1 aliphatic rings. The van der Waals surface area contributed by atoms with Gasteiger partial charge in [0.15, 0.2) is 0 Å². The first-order valence-corrected chi connectivity index (χ1v) is 13.8. The minimum atomic E-state index is -0.176.